The van der Waals surface area contributed by atoms with E-state index < -0.39 is 11.9 Å². The minimum absolute atomic E-state index is 0.258. The Labute approximate surface area is 211 Å². The van der Waals surface area contributed by atoms with Crippen LogP contribution in [0.15, 0.2) is 49.1 Å². The number of rotatable bonds is 3. The number of hydrogen-bond donors (Lipinski definition) is 1. The van der Waals surface area contributed by atoms with E-state index in [1.165, 1.54) is 6.07 Å². The highest BCUT2D eigenvalue weighted by atomic mass is 35.5. The molecule has 182 valence electrons. The molecular formula is C26H22ClFN6O2. The van der Waals surface area contributed by atoms with Crippen molar-refractivity contribution in [3.8, 4) is 17.0 Å². The van der Waals surface area contributed by atoms with Crippen LogP contribution in [0.1, 0.15) is 34.9 Å². The summed E-state index contributed by atoms with van der Waals surface area (Å²) in [5, 5.41) is 7.65. The molecule has 6 rings (SSSR count). The summed E-state index contributed by atoms with van der Waals surface area (Å²) in [6.45, 7) is 2.21. The van der Waals surface area contributed by atoms with E-state index in [1.54, 1.807) is 34.2 Å². The first-order valence-corrected chi connectivity index (χ1v) is 11.9. The molecule has 2 aliphatic rings. The van der Waals surface area contributed by atoms with Gasteiger partial charge in [0, 0.05) is 42.8 Å². The molecule has 1 aromatic carbocycles. The average molecular weight is 505 g/mol. The molecule has 4 aromatic rings. The summed E-state index contributed by atoms with van der Waals surface area (Å²) in [4.78, 5) is 23.6. The standard InChI is InChI=1S/C26H22ClFN6O2/c1-14-8-15-5-6-21(25-19(28)4-3-7-29-25)36-22(15)9-20(14)34-13-17-18(27)11-30-23(24(17)32-26(34)35)16-10-31-33(2)12-16/h3-4,7-12,21H,5-6,13H2,1-2H3,(H,32,35). The molecule has 3 aromatic heterocycles. The van der Waals surface area contributed by atoms with Gasteiger partial charge in [-0.15, -0.1) is 0 Å². The number of amides is 2. The summed E-state index contributed by atoms with van der Waals surface area (Å²) in [5.74, 6) is 0.227. The van der Waals surface area contributed by atoms with Gasteiger partial charge >= 0.3 is 6.03 Å². The normalized spacial score (nSPS) is 16.7. The second kappa shape index (κ2) is 8.60. The van der Waals surface area contributed by atoms with E-state index in [-0.39, 0.29) is 18.3 Å². The quantitative estimate of drug-likeness (QED) is 0.393. The average Bonchev–Trinajstić information content (AvgIpc) is 3.30. The first-order valence-electron chi connectivity index (χ1n) is 11.5. The zero-order valence-corrected chi connectivity index (χ0v) is 20.4. The monoisotopic (exact) mass is 504 g/mol. The molecule has 2 aliphatic heterocycles. The second-order valence-corrected chi connectivity index (χ2v) is 9.40. The van der Waals surface area contributed by atoms with Gasteiger partial charge in [-0.25, -0.2) is 9.18 Å². The summed E-state index contributed by atoms with van der Waals surface area (Å²) >= 11 is 6.54. The summed E-state index contributed by atoms with van der Waals surface area (Å²) < 4.78 is 22.2. The van der Waals surface area contributed by atoms with Crippen molar-refractivity contribution in [3.05, 3.63) is 82.3 Å². The van der Waals surface area contributed by atoms with Crippen LogP contribution in [-0.4, -0.2) is 25.8 Å². The van der Waals surface area contributed by atoms with E-state index in [0.29, 0.717) is 34.3 Å². The second-order valence-electron chi connectivity index (χ2n) is 8.99. The zero-order valence-electron chi connectivity index (χ0n) is 19.6. The third-order valence-corrected chi connectivity index (χ3v) is 6.94. The predicted molar refractivity (Wildman–Crippen MR) is 134 cm³/mol. The number of halogens is 2. The fourth-order valence-electron chi connectivity index (χ4n) is 4.84. The molecule has 0 spiro atoms. The third kappa shape index (κ3) is 3.76. The molecule has 5 heterocycles. The maximum atomic E-state index is 14.3. The zero-order chi connectivity index (χ0) is 25.0. The molecule has 1 unspecified atom stereocenters. The Morgan fingerprint density at radius 3 is 2.89 bits per heavy atom. The Hall–Kier alpha value is -3.98. The lowest BCUT2D eigenvalue weighted by molar-refractivity contribution is 0.167. The van der Waals surface area contributed by atoms with Crippen molar-refractivity contribution >= 4 is 29.0 Å². The summed E-state index contributed by atoms with van der Waals surface area (Å²) in [6, 6.07) is 6.51. The number of fused-ring (bicyclic) bond motifs is 2. The number of urea groups is 1. The van der Waals surface area contributed by atoms with Gasteiger partial charge in [-0.1, -0.05) is 17.7 Å². The van der Waals surface area contributed by atoms with Gasteiger partial charge in [-0.3, -0.25) is 19.5 Å². The fourth-order valence-corrected chi connectivity index (χ4v) is 5.04. The van der Waals surface area contributed by atoms with Crippen molar-refractivity contribution in [1.29, 1.82) is 0 Å². The minimum Gasteiger partial charge on any atom is -0.484 e. The fraction of sp³-hybridized carbons (Fsp3) is 0.231. The predicted octanol–water partition coefficient (Wildman–Crippen LogP) is 5.60. The summed E-state index contributed by atoms with van der Waals surface area (Å²) in [5.41, 5.74) is 5.66. The Balaban J connectivity index is 1.36. The third-order valence-electron chi connectivity index (χ3n) is 6.61. The molecule has 2 amide bonds. The van der Waals surface area contributed by atoms with Gasteiger partial charge in [0.2, 0.25) is 0 Å². The first-order chi connectivity index (χ1) is 17.4. The van der Waals surface area contributed by atoms with Gasteiger partial charge in [0.15, 0.2) is 0 Å². The van der Waals surface area contributed by atoms with Crippen LogP contribution in [0.2, 0.25) is 5.02 Å². The highest BCUT2D eigenvalue weighted by molar-refractivity contribution is 6.32. The van der Waals surface area contributed by atoms with Gasteiger partial charge in [-0.2, -0.15) is 5.10 Å². The van der Waals surface area contributed by atoms with Crippen LogP contribution in [0.25, 0.3) is 11.3 Å². The molecule has 0 saturated carbocycles. The van der Waals surface area contributed by atoms with Crippen molar-refractivity contribution in [2.45, 2.75) is 32.4 Å². The number of nitrogens with one attached hydrogen (secondary N) is 1. The van der Waals surface area contributed by atoms with E-state index in [0.717, 1.165) is 28.7 Å². The minimum atomic E-state index is -0.493. The first kappa shape index (κ1) is 22.5. The number of hydrogen-bond acceptors (Lipinski definition) is 5. The molecular weight excluding hydrogens is 483 g/mol. The van der Waals surface area contributed by atoms with E-state index >= 15 is 0 Å². The van der Waals surface area contributed by atoms with Crippen LogP contribution in [-0.2, 0) is 20.0 Å². The SMILES string of the molecule is Cc1cc2c(cc1N1Cc3c(Cl)cnc(-c4cnn(C)c4)c3NC1=O)OC(c1ncccc1F)CC2. The van der Waals surface area contributed by atoms with Crippen LogP contribution in [0.3, 0.4) is 0 Å². The molecule has 0 radical (unpaired) electrons. The molecule has 0 fully saturated rings. The van der Waals surface area contributed by atoms with Gasteiger partial charge in [0.25, 0.3) is 0 Å². The van der Waals surface area contributed by atoms with E-state index in [9.17, 15) is 9.18 Å². The van der Waals surface area contributed by atoms with E-state index in [4.69, 9.17) is 16.3 Å². The van der Waals surface area contributed by atoms with Gasteiger partial charge in [-0.05, 0) is 43.0 Å². The lowest BCUT2D eigenvalue weighted by Crippen LogP contribution is -2.39. The van der Waals surface area contributed by atoms with Crippen molar-refractivity contribution < 1.29 is 13.9 Å². The van der Waals surface area contributed by atoms with Crippen molar-refractivity contribution in [2.75, 3.05) is 10.2 Å². The number of ether oxygens (including phenoxy) is 1. The molecule has 8 nitrogen and oxygen atoms in total. The van der Waals surface area contributed by atoms with Crippen LogP contribution < -0.4 is 15.0 Å². The van der Waals surface area contributed by atoms with Crippen LogP contribution in [0.5, 0.6) is 5.75 Å². The van der Waals surface area contributed by atoms with E-state index in [1.807, 2.05) is 32.3 Å². The summed E-state index contributed by atoms with van der Waals surface area (Å²) in [7, 11) is 1.82. The smallest absolute Gasteiger partial charge is 0.326 e. The number of carbonyl (C=O) groups is 1. The lowest BCUT2D eigenvalue weighted by atomic mass is 9.97. The van der Waals surface area contributed by atoms with Gasteiger partial charge in [0.1, 0.15) is 23.4 Å². The van der Waals surface area contributed by atoms with Gasteiger partial charge in [0.05, 0.1) is 34.8 Å². The Kier molecular flexibility index (Phi) is 5.37. The van der Waals surface area contributed by atoms with E-state index in [2.05, 4.69) is 20.4 Å². The van der Waals surface area contributed by atoms with Gasteiger partial charge < -0.3 is 10.1 Å². The molecule has 1 N–H and O–H groups in total. The van der Waals surface area contributed by atoms with Crippen molar-refractivity contribution in [1.82, 2.24) is 19.7 Å². The Morgan fingerprint density at radius 2 is 2.11 bits per heavy atom. The number of pyridine rings is 2. The number of aryl methyl sites for hydroxylation is 3. The molecule has 0 bridgehead atoms. The molecule has 1 atom stereocenters. The molecule has 0 saturated heterocycles. The lowest BCUT2D eigenvalue weighted by Gasteiger charge is -2.33. The largest absolute Gasteiger partial charge is 0.484 e. The number of carbonyl (C=O) groups excluding carboxylic acids is 1. The Morgan fingerprint density at radius 1 is 1.25 bits per heavy atom. The van der Waals surface area contributed by atoms with Crippen molar-refractivity contribution in [3.63, 3.8) is 0 Å². The van der Waals surface area contributed by atoms with Crippen molar-refractivity contribution in [2.24, 2.45) is 7.05 Å². The molecule has 0 aliphatic carbocycles. The van der Waals surface area contributed by atoms with Crippen LogP contribution >= 0.6 is 11.6 Å². The summed E-state index contributed by atoms with van der Waals surface area (Å²) in [6.07, 6.45) is 7.53. The maximum absolute atomic E-state index is 14.3. The topological polar surface area (TPSA) is 85.2 Å². The number of anilines is 2. The number of nitrogens with zero attached hydrogens (tertiary/aromatic N) is 5. The van der Waals surface area contributed by atoms with Crippen LogP contribution in [0, 0.1) is 12.7 Å². The number of benzene rings is 1. The number of aromatic nitrogens is 4. The molecule has 36 heavy (non-hydrogen) atoms. The Bertz CT molecular complexity index is 1520. The highest BCUT2D eigenvalue weighted by Crippen LogP contribution is 2.42. The van der Waals surface area contributed by atoms with Crippen LogP contribution in [0.4, 0.5) is 20.6 Å². The maximum Gasteiger partial charge on any atom is 0.326 e. The highest BCUT2D eigenvalue weighted by Gasteiger charge is 2.32. The molecule has 10 heteroatoms.